The van der Waals surface area contributed by atoms with E-state index in [2.05, 4.69) is 25.8 Å². The normalized spacial score (nSPS) is 27.8. The number of carbonyl (C=O) groups is 1. The van der Waals surface area contributed by atoms with E-state index in [1.54, 1.807) is 0 Å². The number of hydrogen-bond acceptors (Lipinski definition) is 3. The Labute approximate surface area is 99.1 Å². The van der Waals surface area contributed by atoms with Gasteiger partial charge in [-0.3, -0.25) is 9.69 Å². The number of methoxy groups -OCH3 is 1. The molecule has 0 aliphatic heterocycles. The predicted molar refractivity (Wildman–Crippen MR) is 65.3 cm³/mol. The zero-order valence-corrected chi connectivity index (χ0v) is 11.0. The van der Waals surface area contributed by atoms with Gasteiger partial charge in [-0.15, -0.1) is 0 Å². The van der Waals surface area contributed by atoms with Crippen LogP contribution in [0.5, 0.6) is 0 Å². The minimum Gasteiger partial charge on any atom is -0.469 e. The Morgan fingerprint density at radius 2 is 2.06 bits per heavy atom. The van der Waals surface area contributed by atoms with Crippen LogP contribution in [0.4, 0.5) is 0 Å². The summed E-state index contributed by atoms with van der Waals surface area (Å²) >= 11 is 0. The molecular weight excluding hydrogens is 202 g/mol. The molecule has 0 bridgehead atoms. The van der Waals surface area contributed by atoms with Gasteiger partial charge in [0, 0.05) is 12.1 Å². The van der Waals surface area contributed by atoms with Gasteiger partial charge >= 0.3 is 5.97 Å². The summed E-state index contributed by atoms with van der Waals surface area (Å²) in [6.07, 6.45) is 5.76. The predicted octanol–water partition coefficient (Wildman–Crippen LogP) is 2.45. The third-order valence-electron chi connectivity index (χ3n) is 3.97. The van der Waals surface area contributed by atoms with Crippen LogP contribution in [0.2, 0.25) is 0 Å². The van der Waals surface area contributed by atoms with Crippen molar-refractivity contribution in [2.45, 2.75) is 58.0 Å². The largest absolute Gasteiger partial charge is 0.469 e. The van der Waals surface area contributed by atoms with E-state index in [1.165, 1.54) is 32.8 Å². The van der Waals surface area contributed by atoms with Crippen LogP contribution in [0.15, 0.2) is 0 Å². The number of nitrogens with zero attached hydrogens (tertiary/aromatic N) is 1. The zero-order valence-electron chi connectivity index (χ0n) is 11.0. The highest BCUT2D eigenvalue weighted by atomic mass is 16.5. The molecule has 1 saturated carbocycles. The van der Waals surface area contributed by atoms with Crippen molar-refractivity contribution in [1.29, 1.82) is 0 Å². The van der Waals surface area contributed by atoms with Crippen LogP contribution in [0.25, 0.3) is 0 Å². The van der Waals surface area contributed by atoms with Crippen LogP contribution in [0.3, 0.4) is 0 Å². The van der Waals surface area contributed by atoms with Crippen LogP contribution in [0, 0.1) is 5.92 Å². The lowest BCUT2D eigenvalue weighted by molar-refractivity contribution is -0.142. The fourth-order valence-electron chi connectivity index (χ4n) is 2.70. The first-order valence-corrected chi connectivity index (χ1v) is 6.35. The lowest BCUT2D eigenvalue weighted by atomic mass is 9.84. The molecule has 16 heavy (non-hydrogen) atoms. The average molecular weight is 227 g/mol. The van der Waals surface area contributed by atoms with Crippen molar-refractivity contribution in [3.05, 3.63) is 0 Å². The van der Waals surface area contributed by atoms with Gasteiger partial charge < -0.3 is 4.74 Å². The molecule has 1 aliphatic rings. The Morgan fingerprint density at radius 3 is 2.62 bits per heavy atom. The fraction of sp³-hybridized carbons (Fsp3) is 0.923. The maximum Gasteiger partial charge on any atom is 0.307 e. The van der Waals surface area contributed by atoms with E-state index in [9.17, 15) is 4.79 Å². The molecule has 94 valence electrons. The number of hydrogen-bond donors (Lipinski definition) is 0. The van der Waals surface area contributed by atoms with Crippen molar-refractivity contribution in [3.63, 3.8) is 0 Å². The summed E-state index contributed by atoms with van der Waals surface area (Å²) in [4.78, 5) is 13.6. The minimum atomic E-state index is -0.109. The molecule has 0 heterocycles. The van der Waals surface area contributed by atoms with Gasteiger partial charge in [-0.05, 0) is 32.7 Å². The van der Waals surface area contributed by atoms with Gasteiger partial charge in [0.25, 0.3) is 0 Å². The SMILES string of the molecule is COC(=O)CC(C)N(C)C1CCCCC1C. The first kappa shape index (κ1) is 13.5. The molecular formula is C13H25NO2. The fourth-order valence-corrected chi connectivity index (χ4v) is 2.70. The van der Waals surface area contributed by atoms with Crippen molar-refractivity contribution in [2.75, 3.05) is 14.2 Å². The van der Waals surface area contributed by atoms with E-state index in [4.69, 9.17) is 4.74 Å². The van der Waals surface area contributed by atoms with E-state index < -0.39 is 0 Å². The molecule has 3 unspecified atom stereocenters. The highest BCUT2D eigenvalue weighted by molar-refractivity contribution is 5.69. The molecule has 0 saturated heterocycles. The molecule has 0 amide bonds. The van der Waals surface area contributed by atoms with Gasteiger partial charge in [-0.25, -0.2) is 0 Å². The Balaban J connectivity index is 2.47. The Bertz CT molecular complexity index is 230. The third-order valence-corrected chi connectivity index (χ3v) is 3.97. The minimum absolute atomic E-state index is 0.109. The summed E-state index contributed by atoms with van der Waals surface area (Å²) in [5.41, 5.74) is 0. The molecule has 0 aromatic rings. The lowest BCUT2D eigenvalue weighted by Gasteiger charge is -2.39. The maximum absolute atomic E-state index is 11.2. The molecule has 1 aliphatic carbocycles. The molecule has 1 fully saturated rings. The van der Waals surface area contributed by atoms with Crippen LogP contribution in [0.1, 0.15) is 46.0 Å². The summed E-state index contributed by atoms with van der Waals surface area (Å²) in [5.74, 6) is 0.640. The molecule has 0 N–H and O–H groups in total. The quantitative estimate of drug-likeness (QED) is 0.691. The third kappa shape index (κ3) is 3.48. The summed E-state index contributed by atoms with van der Waals surface area (Å²) in [6.45, 7) is 4.43. The monoisotopic (exact) mass is 227 g/mol. The van der Waals surface area contributed by atoms with Gasteiger partial charge in [0.05, 0.1) is 13.5 Å². The second-order valence-corrected chi connectivity index (χ2v) is 5.12. The maximum atomic E-state index is 11.2. The molecule has 1 rings (SSSR count). The molecule has 3 heteroatoms. The van der Waals surface area contributed by atoms with E-state index in [0.717, 1.165) is 5.92 Å². The Hall–Kier alpha value is -0.570. The van der Waals surface area contributed by atoms with Gasteiger partial charge in [0.2, 0.25) is 0 Å². The van der Waals surface area contributed by atoms with Crippen molar-refractivity contribution in [2.24, 2.45) is 5.92 Å². The summed E-state index contributed by atoms with van der Waals surface area (Å²) in [5, 5.41) is 0. The van der Waals surface area contributed by atoms with E-state index in [0.29, 0.717) is 12.5 Å². The molecule has 3 atom stereocenters. The molecule has 3 nitrogen and oxygen atoms in total. The Morgan fingerprint density at radius 1 is 1.44 bits per heavy atom. The first-order valence-electron chi connectivity index (χ1n) is 6.35. The van der Waals surface area contributed by atoms with E-state index in [1.807, 2.05) is 0 Å². The summed E-state index contributed by atoms with van der Waals surface area (Å²) in [7, 11) is 3.60. The first-order chi connectivity index (χ1) is 7.56. The van der Waals surface area contributed by atoms with Gasteiger partial charge in [0.15, 0.2) is 0 Å². The van der Waals surface area contributed by atoms with Crippen molar-refractivity contribution in [1.82, 2.24) is 4.90 Å². The van der Waals surface area contributed by atoms with Crippen LogP contribution in [-0.2, 0) is 9.53 Å². The van der Waals surface area contributed by atoms with Gasteiger partial charge in [-0.1, -0.05) is 19.8 Å². The Kier molecular flexibility index (Phi) is 5.26. The number of rotatable bonds is 4. The molecule has 0 spiro atoms. The van der Waals surface area contributed by atoms with Crippen LogP contribution < -0.4 is 0 Å². The zero-order chi connectivity index (χ0) is 12.1. The molecule has 0 aromatic carbocycles. The highest BCUT2D eigenvalue weighted by Gasteiger charge is 2.28. The van der Waals surface area contributed by atoms with Crippen LogP contribution >= 0.6 is 0 Å². The number of carbonyl (C=O) groups excluding carboxylic acids is 1. The number of ether oxygens (including phenoxy) is 1. The standard InChI is InChI=1S/C13H25NO2/c1-10-7-5-6-8-12(10)14(3)11(2)9-13(15)16-4/h10-12H,5-9H2,1-4H3. The van der Waals surface area contributed by atoms with Crippen molar-refractivity contribution >= 4 is 5.97 Å². The second-order valence-electron chi connectivity index (χ2n) is 5.12. The lowest BCUT2D eigenvalue weighted by Crippen LogP contribution is -2.44. The second kappa shape index (κ2) is 6.24. The number of esters is 1. The van der Waals surface area contributed by atoms with E-state index >= 15 is 0 Å². The van der Waals surface area contributed by atoms with E-state index in [-0.39, 0.29) is 12.0 Å². The summed E-state index contributed by atoms with van der Waals surface area (Å²) < 4.78 is 4.72. The smallest absolute Gasteiger partial charge is 0.307 e. The van der Waals surface area contributed by atoms with Crippen molar-refractivity contribution in [3.8, 4) is 0 Å². The molecule has 0 aromatic heterocycles. The van der Waals surface area contributed by atoms with Gasteiger partial charge in [-0.2, -0.15) is 0 Å². The topological polar surface area (TPSA) is 29.5 Å². The summed E-state index contributed by atoms with van der Waals surface area (Å²) in [6, 6.07) is 0.909. The van der Waals surface area contributed by atoms with Gasteiger partial charge in [0.1, 0.15) is 0 Å². The average Bonchev–Trinajstić information content (AvgIpc) is 2.28. The highest BCUT2D eigenvalue weighted by Crippen LogP contribution is 2.28. The van der Waals surface area contributed by atoms with Crippen molar-refractivity contribution < 1.29 is 9.53 Å². The molecule has 0 radical (unpaired) electrons. The van der Waals surface area contributed by atoms with Crippen LogP contribution in [-0.4, -0.2) is 37.1 Å².